The lowest BCUT2D eigenvalue weighted by Gasteiger charge is -2.38. The molecular formula is C29H50O2. The van der Waals surface area contributed by atoms with Gasteiger partial charge in [-0.3, -0.25) is 0 Å². The lowest BCUT2D eigenvalue weighted by Crippen LogP contribution is -2.37. The fraction of sp³-hybridized carbons (Fsp3) is 0.793. The smallest absolute Gasteiger partial charge is 0.127 e. The van der Waals surface area contributed by atoms with Crippen LogP contribution in [0.4, 0.5) is 0 Å². The van der Waals surface area contributed by atoms with E-state index in [0.717, 1.165) is 59.5 Å². The first kappa shape index (κ1) is 26.1. The molecule has 0 aromatic heterocycles. The minimum absolute atomic E-state index is 0.0712. The van der Waals surface area contributed by atoms with Gasteiger partial charge in [0.2, 0.25) is 0 Å². The van der Waals surface area contributed by atoms with Crippen molar-refractivity contribution in [3.05, 3.63) is 22.3 Å². The Morgan fingerprint density at radius 1 is 0.806 bits per heavy atom. The first-order chi connectivity index (χ1) is 14.5. The zero-order valence-electron chi connectivity index (χ0n) is 21.9. The Kier molecular flexibility index (Phi) is 9.77. The highest BCUT2D eigenvalue weighted by Gasteiger charge is 2.34. The molecule has 1 N–H and O–H groups in total. The number of rotatable bonds is 12. The summed E-state index contributed by atoms with van der Waals surface area (Å²) in [5.74, 6) is 4.04. The number of phenols is 1. The molecule has 31 heavy (non-hydrogen) atoms. The van der Waals surface area contributed by atoms with Crippen molar-refractivity contribution >= 4 is 0 Å². The van der Waals surface area contributed by atoms with E-state index in [-0.39, 0.29) is 5.60 Å². The van der Waals surface area contributed by atoms with Crippen LogP contribution in [0.2, 0.25) is 0 Å². The molecule has 1 aromatic rings. The molecule has 0 saturated heterocycles. The van der Waals surface area contributed by atoms with Crippen molar-refractivity contribution in [2.75, 3.05) is 0 Å². The summed E-state index contributed by atoms with van der Waals surface area (Å²) in [6.45, 7) is 17.9. The normalized spacial score (nSPS) is 20.4. The molecule has 1 unspecified atom stereocenters. The zero-order chi connectivity index (χ0) is 23.2. The summed E-state index contributed by atoms with van der Waals surface area (Å²) in [5.41, 5.74) is 4.23. The maximum absolute atomic E-state index is 10.4. The fourth-order valence-electron chi connectivity index (χ4n) is 5.27. The first-order valence-electron chi connectivity index (χ1n) is 13.0. The van der Waals surface area contributed by atoms with Crippen LogP contribution >= 0.6 is 0 Å². The Hall–Kier alpha value is -1.18. The van der Waals surface area contributed by atoms with Crippen LogP contribution in [0.25, 0.3) is 0 Å². The van der Waals surface area contributed by atoms with Gasteiger partial charge < -0.3 is 9.84 Å². The largest absolute Gasteiger partial charge is 0.507 e. The maximum atomic E-state index is 10.4. The van der Waals surface area contributed by atoms with E-state index in [1.54, 1.807) is 0 Å². The zero-order valence-corrected chi connectivity index (χ0v) is 21.9. The van der Waals surface area contributed by atoms with Gasteiger partial charge in [0.05, 0.1) is 0 Å². The summed E-state index contributed by atoms with van der Waals surface area (Å²) in [6.07, 6.45) is 14.1. The Morgan fingerprint density at radius 2 is 1.35 bits per heavy atom. The number of aromatic hydroxyl groups is 1. The number of benzene rings is 1. The van der Waals surface area contributed by atoms with Gasteiger partial charge in [0.1, 0.15) is 17.1 Å². The minimum Gasteiger partial charge on any atom is -0.507 e. The standard InChI is InChI=1S/C29H50O2/c1-20(2)12-9-13-21(3)14-10-15-22(4)16-11-18-29(8)19-17-26-25(7)27(30)23(5)24(6)28(26)31-29/h20-22,30H,9-19H2,1-8H3/t21-,22-,29?/m1/s1/i23+1,24+1,25+1,26+1,27+1,28+1. The SMILES string of the molecule is CC(C)CCC[C@@H](C)CCC[C@@H](C)CCCC1(C)CC[13c]2[13c](C)[13c](O)[13c](C)[13c](C)[13c]2O1. The van der Waals surface area contributed by atoms with Gasteiger partial charge in [0.25, 0.3) is 0 Å². The summed E-state index contributed by atoms with van der Waals surface area (Å²) in [4.78, 5) is 0. The van der Waals surface area contributed by atoms with E-state index in [9.17, 15) is 5.11 Å². The highest BCUT2D eigenvalue weighted by molar-refractivity contribution is 5.58. The molecule has 0 radical (unpaired) electrons. The van der Waals surface area contributed by atoms with E-state index < -0.39 is 0 Å². The molecule has 2 nitrogen and oxygen atoms in total. The van der Waals surface area contributed by atoms with Crippen molar-refractivity contribution in [3.8, 4) is 11.5 Å². The Balaban J connectivity index is 1.74. The molecule has 0 aliphatic carbocycles. The quantitative estimate of drug-likeness (QED) is 0.354. The highest BCUT2D eigenvalue weighted by Crippen LogP contribution is 2.44. The molecule has 1 aliphatic rings. The predicted octanol–water partition coefficient (Wildman–Crippen LogP) is 8.84. The number of hydrogen-bond acceptors (Lipinski definition) is 2. The molecule has 0 fully saturated rings. The predicted molar refractivity (Wildman–Crippen MR) is 134 cm³/mol. The molecule has 0 saturated carbocycles. The van der Waals surface area contributed by atoms with E-state index in [1.165, 1.54) is 56.9 Å². The second-order valence-electron chi connectivity index (χ2n) is 11.4. The molecule has 2 heteroatoms. The van der Waals surface area contributed by atoms with Crippen molar-refractivity contribution in [3.63, 3.8) is 0 Å². The molecule has 3 atom stereocenters. The summed E-state index contributed by atoms with van der Waals surface area (Å²) in [6, 6.07) is 0. The van der Waals surface area contributed by atoms with E-state index in [0.29, 0.717) is 5.75 Å². The van der Waals surface area contributed by atoms with Crippen LogP contribution in [0.1, 0.15) is 121 Å². The molecule has 0 bridgehead atoms. The van der Waals surface area contributed by atoms with Crippen LogP contribution in [-0.4, -0.2) is 10.7 Å². The second-order valence-corrected chi connectivity index (χ2v) is 11.4. The van der Waals surface area contributed by atoms with E-state index in [1.807, 2.05) is 13.8 Å². The first-order valence-corrected chi connectivity index (χ1v) is 13.0. The van der Waals surface area contributed by atoms with Crippen LogP contribution in [0.3, 0.4) is 0 Å². The summed E-state index contributed by atoms with van der Waals surface area (Å²) >= 11 is 0. The fourth-order valence-corrected chi connectivity index (χ4v) is 5.27. The molecule has 1 aliphatic heterocycles. The topological polar surface area (TPSA) is 29.5 Å². The third-order valence-electron chi connectivity index (χ3n) is 7.87. The Labute approximate surface area is 193 Å². The maximum Gasteiger partial charge on any atom is 0.127 e. The number of phenolic OH excluding ortho intramolecular Hbond substituents is 1. The highest BCUT2D eigenvalue weighted by atomic mass is 16.6. The van der Waals surface area contributed by atoms with E-state index in [2.05, 4.69) is 41.5 Å². The third-order valence-corrected chi connectivity index (χ3v) is 7.87. The molecule has 0 amide bonds. The van der Waals surface area contributed by atoms with Crippen LogP contribution in [0.15, 0.2) is 0 Å². The van der Waals surface area contributed by atoms with Crippen molar-refractivity contribution < 1.29 is 9.84 Å². The van der Waals surface area contributed by atoms with Crippen LogP contribution in [0.5, 0.6) is 11.5 Å². The van der Waals surface area contributed by atoms with Gasteiger partial charge in [0, 0.05) is 5.56 Å². The average Bonchev–Trinajstić information content (AvgIpc) is 2.70. The van der Waals surface area contributed by atoms with Gasteiger partial charge in [0.15, 0.2) is 0 Å². The third kappa shape index (κ3) is 7.43. The molecular weight excluding hydrogens is 386 g/mol. The van der Waals surface area contributed by atoms with Gasteiger partial charge in [-0.05, 0) is 87.8 Å². The number of fused-ring (bicyclic) bond motifs is 1. The molecule has 1 heterocycles. The van der Waals surface area contributed by atoms with Gasteiger partial charge in [-0.1, -0.05) is 72.6 Å². The van der Waals surface area contributed by atoms with Crippen molar-refractivity contribution in [2.45, 2.75) is 132 Å². The molecule has 0 spiro atoms. The van der Waals surface area contributed by atoms with Crippen molar-refractivity contribution in [1.82, 2.24) is 0 Å². The van der Waals surface area contributed by atoms with Gasteiger partial charge in [-0.15, -0.1) is 0 Å². The summed E-state index contributed by atoms with van der Waals surface area (Å²) < 4.78 is 6.60. The molecule has 2 rings (SSSR count). The second kappa shape index (κ2) is 11.6. The van der Waals surface area contributed by atoms with E-state index in [4.69, 9.17) is 4.74 Å². The van der Waals surface area contributed by atoms with Gasteiger partial charge in [-0.2, -0.15) is 0 Å². The summed E-state index contributed by atoms with van der Waals surface area (Å²) in [5, 5.41) is 10.4. The number of hydrogen-bond donors (Lipinski definition) is 1. The Morgan fingerprint density at radius 3 is 1.94 bits per heavy atom. The minimum atomic E-state index is -0.0712. The summed E-state index contributed by atoms with van der Waals surface area (Å²) in [7, 11) is 0. The lowest BCUT2D eigenvalue weighted by atomic mass is 9.89. The van der Waals surface area contributed by atoms with Crippen LogP contribution < -0.4 is 4.74 Å². The monoisotopic (exact) mass is 436 g/mol. The van der Waals surface area contributed by atoms with Crippen LogP contribution in [0, 0.1) is 38.5 Å². The van der Waals surface area contributed by atoms with Crippen LogP contribution in [-0.2, 0) is 6.42 Å². The molecule has 1 aromatic carbocycles. The Bertz CT molecular complexity index is 705. The number of ether oxygens (including phenoxy) is 1. The van der Waals surface area contributed by atoms with E-state index >= 15 is 0 Å². The lowest BCUT2D eigenvalue weighted by molar-refractivity contribution is 0.0512. The van der Waals surface area contributed by atoms with Crippen molar-refractivity contribution in [2.24, 2.45) is 17.8 Å². The van der Waals surface area contributed by atoms with Gasteiger partial charge in [-0.25, -0.2) is 0 Å². The van der Waals surface area contributed by atoms with Crippen molar-refractivity contribution in [1.29, 1.82) is 0 Å². The van der Waals surface area contributed by atoms with Gasteiger partial charge >= 0.3 is 0 Å². The average molecular weight is 437 g/mol. The molecule has 178 valence electrons.